The monoisotopic (exact) mass is 287 g/mol. The van der Waals surface area contributed by atoms with Gasteiger partial charge in [0.15, 0.2) is 0 Å². The summed E-state index contributed by atoms with van der Waals surface area (Å²) in [7, 11) is 1.54. The van der Waals surface area contributed by atoms with E-state index in [1.807, 2.05) is 0 Å². The fraction of sp³-hybridized carbons (Fsp3) is 0.154. The third-order valence-electron chi connectivity index (χ3n) is 2.80. The topological polar surface area (TPSA) is 115 Å². The smallest absolute Gasteiger partial charge is 0.300 e. The number of amides is 1. The summed E-state index contributed by atoms with van der Waals surface area (Å²) >= 11 is 0. The molecule has 8 nitrogen and oxygen atoms in total. The molecule has 2 N–H and O–H groups in total. The van der Waals surface area contributed by atoms with Crippen molar-refractivity contribution in [1.82, 2.24) is 14.9 Å². The van der Waals surface area contributed by atoms with Crippen molar-refractivity contribution in [3.8, 4) is 0 Å². The van der Waals surface area contributed by atoms with Crippen LogP contribution in [0.25, 0.3) is 0 Å². The van der Waals surface area contributed by atoms with Gasteiger partial charge in [0.1, 0.15) is 17.6 Å². The summed E-state index contributed by atoms with van der Waals surface area (Å²) in [6.07, 6.45) is 2.59. The number of nitrogens with two attached hydrogens (primary N) is 1. The molecule has 2 aromatic rings. The van der Waals surface area contributed by atoms with Crippen molar-refractivity contribution in [1.29, 1.82) is 0 Å². The Kier molecular flexibility index (Phi) is 4.07. The third kappa shape index (κ3) is 3.30. The van der Waals surface area contributed by atoms with Gasteiger partial charge in [-0.25, -0.2) is 4.98 Å². The van der Waals surface area contributed by atoms with Crippen LogP contribution in [0.4, 0.5) is 11.5 Å². The third-order valence-corrected chi connectivity index (χ3v) is 2.80. The average molecular weight is 287 g/mol. The highest BCUT2D eigenvalue weighted by Crippen LogP contribution is 2.21. The van der Waals surface area contributed by atoms with Gasteiger partial charge in [-0.15, -0.1) is 0 Å². The minimum absolute atomic E-state index is 0.0511. The van der Waals surface area contributed by atoms with Crippen LogP contribution in [0.1, 0.15) is 16.1 Å². The van der Waals surface area contributed by atoms with Crippen LogP contribution in [0.3, 0.4) is 0 Å². The fourth-order valence-corrected chi connectivity index (χ4v) is 1.79. The Balaban J connectivity index is 2.27. The van der Waals surface area contributed by atoms with E-state index in [-0.39, 0.29) is 23.6 Å². The molecule has 0 atom stereocenters. The highest BCUT2D eigenvalue weighted by molar-refractivity contribution is 5.98. The van der Waals surface area contributed by atoms with Crippen molar-refractivity contribution in [3.05, 3.63) is 58.0 Å². The van der Waals surface area contributed by atoms with Crippen molar-refractivity contribution in [2.24, 2.45) is 0 Å². The normalized spacial score (nSPS) is 10.1. The van der Waals surface area contributed by atoms with Crippen molar-refractivity contribution in [2.75, 3.05) is 12.8 Å². The van der Waals surface area contributed by atoms with Gasteiger partial charge in [-0.05, 0) is 18.2 Å². The number of pyridine rings is 2. The summed E-state index contributed by atoms with van der Waals surface area (Å²) in [6.45, 7) is 0.235. The number of hydrogen-bond acceptors (Lipinski definition) is 6. The number of carbonyl (C=O) groups excluding carboxylic acids is 1. The van der Waals surface area contributed by atoms with E-state index in [0.717, 1.165) is 6.20 Å². The fourth-order valence-electron chi connectivity index (χ4n) is 1.79. The van der Waals surface area contributed by atoms with Crippen LogP contribution >= 0.6 is 0 Å². The summed E-state index contributed by atoms with van der Waals surface area (Å²) in [5.74, 6) is -0.461. The van der Waals surface area contributed by atoms with Gasteiger partial charge >= 0.3 is 0 Å². The van der Waals surface area contributed by atoms with Crippen LogP contribution in [0.15, 0.2) is 36.7 Å². The second-order valence-corrected chi connectivity index (χ2v) is 4.37. The van der Waals surface area contributed by atoms with Gasteiger partial charge in [-0.2, -0.15) is 0 Å². The quantitative estimate of drug-likeness (QED) is 0.668. The second kappa shape index (κ2) is 5.95. The SMILES string of the molecule is CN(Cc1ccccn1)C(=O)c1cc(N)ncc1[N+](=O)[O-]. The van der Waals surface area contributed by atoms with E-state index >= 15 is 0 Å². The maximum Gasteiger partial charge on any atom is 0.300 e. The van der Waals surface area contributed by atoms with E-state index in [1.165, 1.54) is 18.0 Å². The molecule has 0 aliphatic heterocycles. The van der Waals surface area contributed by atoms with Crippen LogP contribution < -0.4 is 5.73 Å². The lowest BCUT2D eigenvalue weighted by Crippen LogP contribution is -2.27. The molecule has 0 saturated heterocycles. The molecule has 0 aliphatic carbocycles. The largest absolute Gasteiger partial charge is 0.384 e. The highest BCUT2D eigenvalue weighted by Gasteiger charge is 2.24. The Hall–Kier alpha value is -3.03. The van der Waals surface area contributed by atoms with Crippen molar-refractivity contribution >= 4 is 17.4 Å². The molecular weight excluding hydrogens is 274 g/mol. The number of nitrogens with zero attached hydrogens (tertiary/aromatic N) is 4. The maximum atomic E-state index is 12.3. The number of rotatable bonds is 4. The standard InChI is InChI=1S/C13H13N5O3/c1-17(8-9-4-2-3-5-15-9)13(19)10-6-12(14)16-7-11(10)18(20)21/h2-7H,8H2,1H3,(H2,14,16). The van der Waals surface area contributed by atoms with Crippen molar-refractivity contribution in [3.63, 3.8) is 0 Å². The van der Waals surface area contributed by atoms with Gasteiger partial charge in [-0.3, -0.25) is 19.9 Å². The van der Waals surface area contributed by atoms with Crippen LogP contribution in [-0.2, 0) is 6.54 Å². The molecule has 0 unspecified atom stereocenters. The minimum atomic E-state index is -0.658. The predicted octanol–water partition coefficient (Wildman–Crippen LogP) is 1.24. The van der Waals surface area contributed by atoms with Gasteiger partial charge in [-0.1, -0.05) is 6.07 Å². The lowest BCUT2D eigenvalue weighted by Gasteiger charge is -2.16. The van der Waals surface area contributed by atoms with E-state index in [2.05, 4.69) is 9.97 Å². The van der Waals surface area contributed by atoms with E-state index < -0.39 is 10.8 Å². The van der Waals surface area contributed by atoms with Gasteiger partial charge < -0.3 is 10.6 Å². The Labute approximate surface area is 120 Å². The lowest BCUT2D eigenvalue weighted by atomic mass is 10.2. The molecule has 0 aromatic carbocycles. The molecule has 0 radical (unpaired) electrons. The molecule has 0 spiro atoms. The van der Waals surface area contributed by atoms with E-state index in [9.17, 15) is 14.9 Å². The Morgan fingerprint density at radius 1 is 1.43 bits per heavy atom. The summed E-state index contributed by atoms with van der Waals surface area (Å²) in [5, 5.41) is 11.0. The van der Waals surface area contributed by atoms with Crippen LogP contribution in [0.2, 0.25) is 0 Å². The molecule has 0 saturated carbocycles. The van der Waals surface area contributed by atoms with E-state index in [4.69, 9.17) is 5.73 Å². The maximum absolute atomic E-state index is 12.3. The molecule has 1 amide bonds. The van der Waals surface area contributed by atoms with Crippen molar-refractivity contribution < 1.29 is 9.72 Å². The van der Waals surface area contributed by atoms with Crippen LogP contribution in [-0.4, -0.2) is 32.7 Å². The van der Waals surface area contributed by atoms with E-state index in [0.29, 0.717) is 5.69 Å². The number of aromatic nitrogens is 2. The Morgan fingerprint density at radius 2 is 2.19 bits per heavy atom. The minimum Gasteiger partial charge on any atom is -0.384 e. The highest BCUT2D eigenvalue weighted by atomic mass is 16.6. The summed E-state index contributed by atoms with van der Waals surface area (Å²) in [4.78, 5) is 31.7. The zero-order valence-corrected chi connectivity index (χ0v) is 11.3. The Bertz CT molecular complexity index is 675. The number of nitrogen functional groups attached to an aromatic ring is 1. The van der Waals surface area contributed by atoms with Crippen LogP contribution in [0, 0.1) is 10.1 Å². The van der Waals surface area contributed by atoms with Gasteiger partial charge in [0.05, 0.1) is 17.2 Å². The molecule has 8 heteroatoms. The molecular formula is C13H13N5O3. The second-order valence-electron chi connectivity index (χ2n) is 4.37. The lowest BCUT2D eigenvalue weighted by molar-refractivity contribution is -0.385. The summed E-state index contributed by atoms with van der Waals surface area (Å²) in [5.41, 5.74) is 5.72. The number of anilines is 1. The average Bonchev–Trinajstić information content (AvgIpc) is 2.47. The first kappa shape index (κ1) is 14.4. The van der Waals surface area contributed by atoms with Gasteiger partial charge in [0.25, 0.3) is 11.6 Å². The molecule has 0 fully saturated rings. The number of nitro groups is 1. The predicted molar refractivity (Wildman–Crippen MR) is 75.3 cm³/mol. The molecule has 2 aromatic heterocycles. The first-order chi connectivity index (χ1) is 9.99. The molecule has 2 heterocycles. The molecule has 108 valence electrons. The Morgan fingerprint density at radius 3 is 2.81 bits per heavy atom. The number of hydrogen-bond donors (Lipinski definition) is 1. The van der Waals surface area contributed by atoms with Crippen molar-refractivity contribution in [2.45, 2.75) is 6.54 Å². The zero-order valence-electron chi connectivity index (χ0n) is 11.3. The van der Waals surface area contributed by atoms with E-state index in [1.54, 1.807) is 24.4 Å². The molecule has 2 rings (SSSR count). The zero-order chi connectivity index (χ0) is 15.4. The molecule has 0 bridgehead atoms. The number of carbonyl (C=O) groups is 1. The van der Waals surface area contributed by atoms with Gasteiger partial charge in [0.2, 0.25) is 0 Å². The van der Waals surface area contributed by atoms with Gasteiger partial charge in [0, 0.05) is 13.2 Å². The molecule has 21 heavy (non-hydrogen) atoms. The first-order valence-electron chi connectivity index (χ1n) is 6.04. The first-order valence-corrected chi connectivity index (χ1v) is 6.04. The summed E-state index contributed by atoms with van der Waals surface area (Å²) in [6, 6.07) is 6.53. The van der Waals surface area contributed by atoms with Crippen LogP contribution in [0.5, 0.6) is 0 Å². The summed E-state index contributed by atoms with van der Waals surface area (Å²) < 4.78 is 0. The molecule has 0 aliphatic rings.